The minimum atomic E-state index is -1.05. The molecule has 0 aliphatic heterocycles. The number of carbonyl (C=O) groups excluding carboxylic acids is 2. The molecule has 1 N–H and O–H groups in total. The number of hydrogen-bond acceptors (Lipinski definition) is 4. The molecular formula is C17H24O4. The van der Waals surface area contributed by atoms with Crippen molar-refractivity contribution in [1.29, 1.82) is 0 Å². The number of carbonyl (C=O) groups is 2. The van der Waals surface area contributed by atoms with Crippen LogP contribution < -0.4 is 0 Å². The van der Waals surface area contributed by atoms with Gasteiger partial charge in [-0.25, -0.2) is 0 Å². The maximum Gasteiger partial charge on any atom is 0.313 e. The summed E-state index contributed by atoms with van der Waals surface area (Å²) in [7, 11) is 1.25. The molecule has 0 aromatic heterocycles. The molecule has 0 saturated heterocycles. The molecule has 1 aromatic carbocycles. The second kappa shape index (κ2) is 8.57. The van der Waals surface area contributed by atoms with E-state index in [4.69, 9.17) is 0 Å². The van der Waals surface area contributed by atoms with Crippen LogP contribution in [0.4, 0.5) is 0 Å². The Morgan fingerprint density at radius 2 is 1.86 bits per heavy atom. The normalized spacial score (nSPS) is 13.5. The molecule has 1 atom stereocenters. The van der Waals surface area contributed by atoms with E-state index in [-0.39, 0.29) is 18.6 Å². The minimum Gasteiger partial charge on any atom is -0.469 e. The SMILES string of the molecule is CCC[C@@](O)(CCc1ccccc1)CC(=O)CC(=O)OC. The first-order chi connectivity index (χ1) is 9.99. The van der Waals surface area contributed by atoms with Crippen LogP contribution in [0.1, 0.15) is 44.6 Å². The van der Waals surface area contributed by atoms with Crippen LogP contribution in [0.25, 0.3) is 0 Å². The Morgan fingerprint density at radius 3 is 2.43 bits per heavy atom. The summed E-state index contributed by atoms with van der Waals surface area (Å²) in [6, 6.07) is 9.86. The van der Waals surface area contributed by atoms with E-state index in [9.17, 15) is 14.7 Å². The zero-order valence-corrected chi connectivity index (χ0v) is 12.8. The van der Waals surface area contributed by atoms with Crippen molar-refractivity contribution < 1.29 is 19.4 Å². The quantitative estimate of drug-likeness (QED) is 0.561. The first kappa shape index (κ1) is 17.4. The number of aryl methyl sites for hydroxylation is 1. The predicted octanol–water partition coefficient (Wildman–Crippen LogP) is 2.67. The van der Waals surface area contributed by atoms with Crippen LogP contribution >= 0.6 is 0 Å². The van der Waals surface area contributed by atoms with Gasteiger partial charge in [0.25, 0.3) is 0 Å². The third kappa shape index (κ3) is 6.54. The number of ketones is 1. The highest BCUT2D eigenvalue weighted by atomic mass is 16.5. The average molecular weight is 292 g/mol. The van der Waals surface area contributed by atoms with Gasteiger partial charge < -0.3 is 9.84 Å². The Morgan fingerprint density at radius 1 is 1.19 bits per heavy atom. The lowest BCUT2D eigenvalue weighted by molar-refractivity contribution is -0.144. The van der Waals surface area contributed by atoms with Gasteiger partial charge >= 0.3 is 5.97 Å². The molecule has 1 rings (SSSR count). The smallest absolute Gasteiger partial charge is 0.313 e. The van der Waals surface area contributed by atoms with E-state index in [1.54, 1.807) is 0 Å². The lowest BCUT2D eigenvalue weighted by Crippen LogP contribution is -2.33. The number of benzene rings is 1. The third-order valence-corrected chi connectivity index (χ3v) is 3.53. The van der Waals surface area contributed by atoms with Gasteiger partial charge in [-0.2, -0.15) is 0 Å². The fourth-order valence-corrected chi connectivity index (χ4v) is 2.45. The van der Waals surface area contributed by atoms with Crippen LogP contribution in [0.2, 0.25) is 0 Å². The molecule has 0 aliphatic rings. The van der Waals surface area contributed by atoms with Crippen molar-refractivity contribution in [3.63, 3.8) is 0 Å². The Hall–Kier alpha value is -1.68. The lowest BCUT2D eigenvalue weighted by Gasteiger charge is -2.27. The maximum atomic E-state index is 11.9. The summed E-state index contributed by atoms with van der Waals surface area (Å²) < 4.78 is 4.48. The number of ether oxygens (including phenoxy) is 1. The van der Waals surface area contributed by atoms with E-state index in [1.165, 1.54) is 7.11 Å². The van der Waals surface area contributed by atoms with Crippen molar-refractivity contribution in [2.75, 3.05) is 7.11 Å². The number of rotatable bonds is 9. The van der Waals surface area contributed by atoms with Gasteiger partial charge in [0.1, 0.15) is 12.2 Å². The molecule has 0 bridgehead atoms. The summed E-state index contributed by atoms with van der Waals surface area (Å²) in [6.45, 7) is 1.97. The van der Waals surface area contributed by atoms with Gasteiger partial charge in [0.15, 0.2) is 0 Å². The van der Waals surface area contributed by atoms with Gasteiger partial charge in [0.05, 0.1) is 12.7 Å². The van der Waals surface area contributed by atoms with E-state index < -0.39 is 11.6 Å². The number of hydrogen-bond donors (Lipinski definition) is 1. The summed E-state index contributed by atoms with van der Waals surface area (Å²) in [5.41, 5.74) is 0.0860. The Bertz CT molecular complexity index is 455. The monoisotopic (exact) mass is 292 g/mol. The second-order valence-electron chi connectivity index (χ2n) is 5.43. The summed E-state index contributed by atoms with van der Waals surface area (Å²) in [4.78, 5) is 23.0. The number of Topliss-reactive ketones (excluding diaryl/α,β-unsaturated/α-hetero) is 1. The molecule has 0 unspecified atom stereocenters. The summed E-state index contributed by atoms with van der Waals surface area (Å²) >= 11 is 0. The fourth-order valence-electron chi connectivity index (χ4n) is 2.45. The molecule has 0 radical (unpaired) electrons. The standard InChI is InChI=1S/C17H24O4/c1-3-10-17(20,13-15(18)12-16(19)21-2)11-9-14-7-5-4-6-8-14/h4-8,20H,3,9-13H2,1-2H3/t17-/m1/s1. The molecule has 0 heterocycles. The van der Waals surface area contributed by atoms with E-state index in [2.05, 4.69) is 4.74 Å². The van der Waals surface area contributed by atoms with Gasteiger partial charge in [0.2, 0.25) is 0 Å². The van der Waals surface area contributed by atoms with Gasteiger partial charge in [-0.3, -0.25) is 9.59 Å². The fraction of sp³-hybridized carbons (Fsp3) is 0.529. The van der Waals surface area contributed by atoms with E-state index in [1.807, 2.05) is 37.3 Å². The van der Waals surface area contributed by atoms with Crippen molar-refractivity contribution in [3.05, 3.63) is 35.9 Å². The second-order valence-corrected chi connectivity index (χ2v) is 5.43. The number of methoxy groups -OCH3 is 1. The summed E-state index contributed by atoms with van der Waals surface area (Å²) in [5, 5.41) is 10.7. The van der Waals surface area contributed by atoms with Crippen molar-refractivity contribution in [2.24, 2.45) is 0 Å². The molecule has 0 spiro atoms. The molecule has 0 saturated carbocycles. The number of aliphatic hydroxyl groups is 1. The van der Waals surface area contributed by atoms with E-state index >= 15 is 0 Å². The van der Waals surface area contributed by atoms with Crippen LogP contribution in [0.5, 0.6) is 0 Å². The van der Waals surface area contributed by atoms with Crippen LogP contribution in [0.3, 0.4) is 0 Å². The Labute approximate surface area is 126 Å². The highest BCUT2D eigenvalue weighted by molar-refractivity contribution is 5.95. The van der Waals surface area contributed by atoms with E-state index in [0.29, 0.717) is 19.3 Å². The molecule has 0 fully saturated rings. The highest BCUT2D eigenvalue weighted by Crippen LogP contribution is 2.25. The molecular weight excluding hydrogens is 268 g/mol. The summed E-state index contributed by atoms with van der Waals surface area (Å²) in [6.07, 6.45) is 2.29. The molecule has 1 aromatic rings. The van der Waals surface area contributed by atoms with Crippen LogP contribution in [-0.2, 0) is 20.7 Å². The first-order valence-corrected chi connectivity index (χ1v) is 7.34. The van der Waals surface area contributed by atoms with E-state index in [0.717, 1.165) is 12.0 Å². The van der Waals surface area contributed by atoms with Gasteiger partial charge in [0, 0.05) is 6.42 Å². The molecule has 4 heteroatoms. The van der Waals surface area contributed by atoms with Crippen LogP contribution in [0.15, 0.2) is 30.3 Å². The first-order valence-electron chi connectivity index (χ1n) is 7.34. The van der Waals surface area contributed by atoms with Crippen molar-refractivity contribution in [2.45, 2.75) is 51.0 Å². The topological polar surface area (TPSA) is 63.6 Å². The van der Waals surface area contributed by atoms with Crippen molar-refractivity contribution in [3.8, 4) is 0 Å². The minimum absolute atomic E-state index is 0.00275. The van der Waals surface area contributed by atoms with Gasteiger partial charge in [-0.15, -0.1) is 0 Å². The highest BCUT2D eigenvalue weighted by Gasteiger charge is 2.29. The Balaban J connectivity index is 2.60. The maximum absolute atomic E-state index is 11.9. The number of esters is 1. The third-order valence-electron chi connectivity index (χ3n) is 3.53. The lowest BCUT2D eigenvalue weighted by atomic mass is 9.85. The van der Waals surface area contributed by atoms with Gasteiger partial charge in [-0.1, -0.05) is 43.7 Å². The molecule has 4 nitrogen and oxygen atoms in total. The van der Waals surface area contributed by atoms with Gasteiger partial charge in [-0.05, 0) is 24.8 Å². The van der Waals surface area contributed by atoms with Crippen LogP contribution in [-0.4, -0.2) is 29.6 Å². The van der Waals surface area contributed by atoms with Crippen molar-refractivity contribution in [1.82, 2.24) is 0 Å². The largest absolute Gasteiger partial charge is 0.469 e. The Kier molecular flexibility index (Phi) is 7.09. The van der Waals surface area contributed by atoms with Crippen LogP contribution in [0, 0.1) is 0 Å². The average Bonchev–Trinajstić information content (AvgIpc) is 2.46. The molecule has 0 amide bonds. The summed E-state index contributed by atoms with van der Waals surface area (Å²) in [5.74, 6) is -0.826. The molecule has 116 valence electrons. The predicted molar refractivity (Wildman–Crippen MR) is 80.9 cm³/mol. The molecule has 0 aliphatic carbocycles. The van der Waals surface area contributed by atoms with Crippen molar-refractivity contribution >= 4 is 11.8 Å². The zero-order valence-electron chi connectivity index (χ0n) is 12.8. The zero-order chi connectivity index (χ0) is 15.7. The molecule has 21 heavy (non-hydrogen) atoms.